The number of nitrogens with zero attached hydrogens (tertiary/aromatic N) is 1. The largest absolute Gasteiger partial charge is 0.508 e. The van der Waals surface area contributed by atoms with Crippen molar-refractivity contribution in [2.45, 2.75) is 188 Å². The Morgan fingerprint density at radius 2 is 1.21 bits per heavy atom. The Hall–Kier alpha value is -11.9. The Bertz CT molecular complexity index is 5340. The number of aliphatic hydroxyl groups excluding tert-OH is 7. The van der Waals surface area contributed by atoms with Gasteiger partial charge in [-0.25, -0.2) is 4.79 Å². The molecule has 15 rings (SSSR count). The number of aliphatic carboxylic acids is 1. The summed E-state index contributed by atoms with van der Waals surface area (Å²) in [5.74, 6) is -17.5. The monoisotopic (exact) mass is 1810 g/mol. The van der Waals surface area contributed by atoms with Gasteiger partial charge in [-0.1, -0.05) is 106 Å². The minimum Gasteiger partial charge on any atom is -0.508 e. The van der Waals surface area contributed by atoms with Crippen LogP contribution in [0.3, 0.4) is 0 Å². The van der Waals surface area contributed by atoms with E-state index in [2.05, 4.69) is 61.7 Å². The lowest BCUT2D eigenvalue weighted by Crippen LogP contribution is -2.66. The molecule has 8 heterocycles. The summed E-state index contributed by atoms with van der Waals surface area (Å²) in [5.41, 5.74) is -2.68. The van der Waals surface area contributed by atoms with E-state index in [-0.39, 0.29) is 47.8 Å². The molecule has 21 N–H and O–H groups in total. The zero-order chi connectivity index (χ0) is 92.0. The van der Waals surface area contributed by atoms with E-state index in [0.29, 0.717) is 30.9 Å². The van der Waals surface area contributed by atoms with Crippen molar-refractivity contribution in [1.29, 1.82) is 0 Å². The number of nitrogens with one attached hydrogen (secondary N) is 9. The van der Waals surface area contributed by atoms with Crippen molar-refractivity contribution >= 4 is 76.4 Å². The maximum Gasteiger partial charge on any atom is 0.335 e. The number of carboxylic acids is 1. The van der Waals surface area contributed by atoms with Crippen molar-refractivity contribution in [2.24, 2.45) is 5.92 Å². The number of aromatic hydroxyl groups is 4. The molecular formula is C88H100Cl2N10O28. The Morgan fingerprint density at radius 3 is 1.91 bits per heavy atom. The maximum absolute atomic E-state index is 16.8. The van der Waals surface area contributed by atoms with Gasteiger partial charge in [0.15, 0.2) is 29.1 Å². The Morgan fingerprint density at radius 1 is 0.562 bits per heavy atom. The fourth-order valence-corrected chi connectivity index (χ4v) is 16.4. The number of benzene rings is 7. The van der Waals surface area contributed by atoms with Crippen molar-refractivity contribution in [3.63, 3.8) is 0 Å². The number of phenols is 4. The number of hydrogen-bond acceptors (Lipinski definition) is 29. The Kier molecular flexibility index (Phi) is 29.7. The van der Waals surface area contributed by atoms with Crippen LogP contribution >= 0.6 is 23.2 Å². The van der Waals surface area contributed by atoms with Crippen LogP contribution in [-0.2, 0) is 59.0 Å². The van der Waals surface area contributed by atoms with E-state index in [1.807, 2.05) is 0 Å². The van der Waals surface area contributed by atoms with Crippen molar-refractivity contribution in [1.82, 2.24) is 52.8 Å². The van der Waals surface area contributed by atoms with Gasteiger partial charge in [-0.2, -0.15) is 0 Å². The Labute approximate surface area is 742 Å². The molecule has 7 aromatic carbocycles. The van der Waals surface area contributed by atoms with Crippen LogP contribution < -0.4 is 71.5 Å². The standard InChI is InChI=1S/C88H100Cl2N10O28/c1-38(2)13-10-8-6-7-9-11-14-61(106)94-70-73(109)75(111)78(86(120)121)128-87(70)127-77-58-31-43-32-59(77)124-55-24-19-42(29-50(55)89)71(107)69-85(119)98-67(80(114)92-25-12-26-100(4)5)48-33-44(102)34-57(125-88-76(112)74(110)72(108)60(37-101)126-88)62(48)47-28-40(17-22-52(47)103)65(82(116)99-69)95-83(117)66(43)96-84(118)68-49-35-46(36-54(105)63(49)90)123-56-30-41(18-23-53(56)104)64(91-3)81(115)93-51(79(113)97-68)27-39-15-20-45(122-58)21-16-39/h15-24,28-36,38,51,60,64-76,78,87-88,91,101-105,107-112H,6-14,25-27,37H2,1-5H3,(H,92,114)(H,93,115)(H,94,106)(H,95,117)(H,96,118)(H,97,113)(H,98,119)(H,99,116)(H,120,121)/t51-,60-,64-,65-,66-,67+,68?,69+,70-,71?,72-,73-,74+,75+,76+,78+,87-,88+/m1/s1. The highest BCUT2D eigenvalue weighted by Gasteiger charge is 2.52. The van der Waals surface area contributed by atoms with Crippen LogP contribution in [0.4, 0.5) is 0 Å². The van der Waals surface area contributed by atoms with Gasteiger partial charge in [-0.15, -0.1) is 0 Å². The van der Waals surface area contributed by atoms with Crippen molar-refractivity contribution in [3.8, 4) is 80.1 Å². The number of carboxylic acid groups (broad SMARTS) is 1. The molecule has 128 heavy (non-hydrogen) atoms. The number of phenolic OH excluding ortho intramolecular Hbond substituents is 4. The van der Waals surface area contributed by atoms with E-state index in [0.717, 1.165) is 105 Å². The molecule has 684 valence electrons. The predicted octanol–water partition coefficient (Wildman–Crippen LogP) is 4.17. The highest BCUT2D eigenvalue weighted by Crippen LogP contribution is 2.51. The topological polar surface area (TPSA) is 573 Å². The average Bonchev–Trinajstić information content (AvgIpc) is 0.755. The van der Waals surface area contributed by atoms with Gasteiger partial charge in [0, 0.05) is 48.2 Å². The quantitative estimate of drug-likeness (QED) is 0.0423. The molecule has 17 bridgehead atoms. The van der Waals surface area contributed by atoms with E-state index < -0.39 is 271 Å². The summed E-state index contributed by atoms with van der Waals surface area (Å²) >= 11 is 14.3. The molecule has 2 fully saturated rings. The van der Waals surface area contributed by atoms with Crippen LogP contribution in [0.5, 0.6) is 69.0 Å². The Balaban J connectivity index is 1.04. The molecule has 2 unspecified atom stereocenters. The first-order valence-electron chi connectivity index (χ1n) is 41.5. The van der Waals surface area contributed by atoms with Crippen LogP contribution in [0.15, 0.2) is 115 Å². The molecule has 8 aliphatic heterocycles. The lowest BCUT2D eigenvalue weighted by molar-refractivity contribution is -0.277. The van der Waals surface area contributed by atoms with E-state index in [1.165, 1.54) is 49.5 Å². The molecule has 2 saturated heterocycles. The third-order valence-corrected chi connectivity index (χ3v) is 23.4. The number of halogens is 2. The van der Waals surface area contributed by atoms with Gasteiger partial charge in [-0.05, 0) is 153 Å². The van der Waals surface area contributed by atoms with Gasteiger partial charge in [-0.3, -0.25) is 38.4 Å². The SMILES string of the molecule is CN[C@H]1C(=O)N[C@@H]2Cc3ccc(cc3)Oc3cc4cc(c3O[C@@H]3O[C@H](C(=O)O)[C@@H](O)[C@H](O)[C@H]3NC(=O)CCCCCCCCC(C)C)Oc3ccc(cc3Cl)C(O)[C@@H]3NC(=O)[C@H](NC(=O)[C@@H]4NC(=O)C(NC2=O)c2cc(cc(O)c2Cl)Oc2cc1ccc2O)c1ccc(O)c(c1)-c1c(O[C@H]2O[C@H](CO)[C@@H](O)[C@H](O)[C@@H]2O)cc(O)cc1[C@@H](C(=O)NCCCN(C)C)NC3=O. The van der Waals surface area contributed by atoms with Gasteiger partial charge in [0.05, 0.1) is 16.7 Å². The first kappa shape index (κ1) is 93.7. The smallest absolute Gasteiger partial charge is 0.335 e. The number of ether oxygens (including phenoxy) is 7. The summed E-state index contributed by atoms with van der Waals surface area (Å²) in [6, 6.07) is 5.68. The first-order chi connectivity index (χ1) is 61.1. The maximum atomic E-state index is 16.8. The summed E-state index contributed by atoms with van der Waals surface area (Å²) in [6.45, 7) is 3.61. The van der Waals surface area contributed by atoms with E-state index >= 15 is 28.8 Å². The molecule has 8 aliphatic rings. The summed E-state index contributed by atoms with van der Waals surface area (Å²) in [5, 5.41) is 161. The molecule has 18 atom stereocenters. The molecule has 0 spiro atoms. The van der Waals surface area contributed by atoms with Gasteiger partial charge < -0.3 is 147 Å². The zero-order valence-corrected chi connectivity index (χ0v) is 71.2. The van der Waals surface area contributed by atoms with Crippen LogP contribution in [0.1, 0.15) is 147 Å². The number of likely N-dealkylation sites (N-methyl/N-ethyl adjacent to an activating group) is 1. The predicted molar refractivity (Wildman–Crippen MR) is 452 cm³/mol. The van der Waals surface area contributed by atoms with Crippen molar-refractivity contribution < 1.29 is 138 Å². The van der Waals surface area contributed by atoms with Crippen LogP contribution in [0, 0.1) is 5.92 Å². The summed E-state index contributed by atoms with van der Waals surface area (Å²) in [4.78, 5) is 140. The fraction of sp³-hybridized carbons (Fsp3) is 0.420. The second kappa shape index (κ2) is 40.6. The minimum absolute atomic E-state index is 0.0943. The van der Waals surface area contributed by atoms with Crippen molar-refractivity contribution in [2.75, 3.05) is 40.8 Å². The van der Waals surface area contributed by atoms with Crippen molar-refractivity contribution in [3.05, 3.63) is 164 Å². The second-order valence-electron chi connectivity index (χ2n) is 32.7. The van der Waals surface area contributed by atoms with Gasteiger partial charge in [0.25, 0.3) is 0 Å². The number of rotatable bonds is 22. The molecule has 0 aliphatic carbocycles. The number of hydrogen-bond donors (Lipinski definition) is 21. The molecule has 0 aromatic heterocycles. The summed E-state index contributed by atoms with van der Waals surface area (Å²) < 4.78 is 44.5. The summed E-state index contributed by atoms with van der Waals surface area (Å²) in [7, 11) is 4.95. The molecule has 0 saturated carbocycles. The van der Waals surface area contributed by atoms with Crippen LogP contribution in [0.2, 0.25) is 10.0 Å². The highest BCUT2D eigenvalue weighted by molar-refractivity contribution is 6.33. The number of amides is 8. The second-order valence-corrected chi connectivity index (χ2v) is 33.5. The molecule has 8 amide bonds. The molecular weight excluding hydrogens is 1720 g/mol. The first-order valence-corrected chi connectivity index (χ1v) is 42.3. The average molecular weight is 1820 g/mol. The number of unbranched alkanes of at least 4 members (excludes halogenated alkanes) is 5. The van der Waals surface area contributed by atoms with Gasteiger partial charge >= 0.3 is 5.97 Å². The van der Waals surface area contributed by atoms with Crippen LogP contribution in [0.25, 0.3) is 11.1 Å². The van der Waals surface area contributed by atoms with Crippen LogP contribution in [-0.4, -0.2) is 234 Å². The fourth-order valence-electron chi connectivity index (χ4n) is 15.9. The number of carbonyl (C=O) groups is 9. The minimum atomic E-state index is -2.45. The number of aliphatic hydroxyl groups is 7. The van der Waals surface area contributed by atoms with E-state index in [9.17, 15) is 75.7 Å². The van der Waals surface area contributed by atoms with E-state index in [4.69, 9.17) is 56.4 Å². The third-order valence-electron chi connectivity index (χ3n) is 22.7. The normalized spacial score (nSPS) is 25.8. The number of carbonyl (C=O) groups excluding carboxylic acids is 8. The highest BCUT2D eigenvalue weighted by atomic mass is 35.5. The zero-order valence-electron chi connectivity index (χ0n) is 69.7. The lowest BCUT2D eigenvalue weighted by atomic mass is 9.89. The van der Waals surface area contributed by atoms with Gasteiger partial charge in [0.1, 0.15) is 131 Å². The molecule has 40 heteroatoms. The molecule has 0 radical (unpaired) electrons. The number of fused-ring (bicyclic) bond motifs is 14. The lowest BCUT2D eigenvalue weighted by Gasteiger charge is -2.41. The van der Waals surface area contributed by atoms with Gasteiger partial charge in [0.2, 0.25) is 65.6 Å². The summed E-state index contributed by atoms with van der Waals surface area (Å²) in [6.07, 6.45) is -15.8. The molecule has 38 nitrogen and oxygen atoms in total. The third kappa shape index (κ3) is 21.1. The molecule has 7 aromatic rings. The van der Waals surface area contributed by atoms with E-state index in [1.54, 1.807) is 19.0 Å².